The van der Waals surface area contributed by atoms with E-state index in [1.807, 2.05) is 0 Å². The van der Waals surface area contributed by atoms with Crippen molar-refractivity contribution in [1.82, 2.24) is 4.90 Å². The number of carbonyl (C=O) groups excluding carboxylic acids is 1. The van der Waals surface area contributed by atoms with Gasteiger partial charge in [0.25, 0.3) is 11.6 Å². The SMILES string of the molecule is O=C(O)C1CCCN(C(=O)c2ccc([N+](=O)[O-])cc2F)C1. The zero-order valence-corrected chi connectivity index (χ0v) is 11.0. The van der Waals surface area contributed by atoms with E-state index in [2.05, 4.69) is 0 Å². The Morgan fingerprint density at radius 3 is 2.71 bits per heavy atom. The molecule has 1 fully saturated rings. The smallest absolute Gasteiger partial charge is 0.308 e. The Bertz CT molecular complexity index is 604. The maximum atomic E-state index is 13.8. The van der Waals surface area contributed by atoms with Crippen LogP contribution in [0.1, 0.15) is 23.2 Å². The van der Waals surface area contributed by atoms with Crippen LogP contribution in [0.15, 0.2) is 18.2 Å². The van der Waals surface area contributed by atoms with E-state index in [1.54, 1.807) is 0 Å². The largest absolute Gasteiger partial charge is 0.481 e. The van der Waals surface area contributed by atoms with Crippen LogP contribution < -0.4 is 0 Å². The van der Waals surface area contributed by atoms with Crippen molar-refractivity contribution >= 4 is 17.6 Å². The van der Waals surface area contributed by atoms with Gasteiger partial charge in [0.1, 0.15) is 5.82 Å². The summed E-state index contributed by atoms with van der Waals surface area (Å²) < 4.78 is 13.8. The predicted octanol–water partition coefficient (Wildman–Crippen LogP) is 1.67. The van der Waals surface area contributed by atoms with Crippen molar-refractivity contribution in [2.24, 2.45) is 5.92 Å². The number of nitro groups is 1. The maximum Gasteiger partial charge on any atom is 0.308 e. The van der Waals surface area contributed by atoms with Crippen molar-refractivity contribution in [2.45, 2.75) is 12.8 Å². The molecule has 0 saturated carbocycles. The molecule has 1 unspecified atom stereocenters. The molecule has 1 saturated heterocycles. The number of hydrogen-bond donors (Lipinski definition) is 1. The molecule has 0 radical (unpaired) electrons. The third kappa shape index (κ3) is 3.15. The highest BCUT2D eigenvalue weighted by Gasteiger charge is 2.30. The number of nitrogens with zero attached hydrogens (tertiary/aromatic N) is 2. The number of non-ortho nitro benzene ring substituents is 1. The molecule has 1 N–H and O–H groups in total. The quantitative estimate of drug-likeness (QED) is 0.675. The topological polar surface area (TPSA) is 101 Å². The van der Waals surface area contributed by atoms with Crippen molar-refractivity contribution in [2.75, 3.05) is 13.1 Å². The lowest BCUT2D eigenvalue weighted by molar-refractivity contribution is -0.385. The molecule has 1 amide bonds. The highest BCUT2D eigenvalue weighted by Crippen LogP contribution is 2.22. The molecule has 1 aromatic carbocycles. The molecule has 0 aliphatic carbocycles. The highest BCUT2D eigenvalue weighted by atomic mass is 19.1. The lowest BCUT2D eigenvalue weighted by Gasteiger charge is -2.30. The normalized spacial score (nSPS) is 18.3. The third-order valence-electron chi connectivity index (χ3n) is 3.45. The van der Waals surface area contributed by atoms with Gasteiger partial charge in [-0.1, -0.05) is 0 Å². The van der Waals surface area contributed by atoms with E-state index in [0.29, 0.717) is 25.5 Å². The van der Waals surface area contributed by atoms with E-state index < -0.39 is 34.2 Å². The van der Waals surface area contributed by atoms with E-state index in [0.717, 1.165) is 12.1 Å². The Labute approximate surface area is 119 Å². The molecule has 7 nitrogen and oxygen atoms in total. The van der Waals surface area contributed by atoms with E-state index in [1.165, 1.54) is 4.90 Å². The number of carboxylic acid groups (broad SMARTS) is 1. The Morgan fingerprint density at radius 2 is 2.14 bits per heavy atom. The van der Waals surface area contributed by atoms with Crippen molar-refractivity contribution in [3.05, 3.63) is 39.7 Å². The third-order valence-corrected chi connectivity index (χ3v) is 3.45. The molecule has 1 aromatic rings. The van der Waals surface area contributed by atoms with Crippen LogP contribution in [-0.2, 0) is 4.79 Å². The molecule has 1 heterocycles. The summed E-state index contributed by atoms with van der Waals surface area (Å²) in [6, 6.07) is 2.79. The number of rotatable bonds is 3. The fraction of sp³-hybridized carbons (Fsp3) is 0.385. The summed E-state index contributed by atoms with van der Waals surface area (Å²) in [5.74, 6) is -3.28. The maximum absolute atomic E-state index is 13.8. The van der Waals surface area contributed by atoms with Crippen LogP contribution in [0.25, 0.3) is 0 Å². The highest BCUT2D eigenvalue weighted by molar-refractivity contribution is 5.95. The Morgan fingerprint density at radius 1 is 1.43 bits per heavy atom. The fourth-order valence-corrected chi connectivity index (χ4v) is 2.32. The average Bonchev–Trinajstić information content (AvgIpc) is 2.46. The number of carbonyl (C=O) groups is 2. The van der Waals surface area contributed by atoms with Crippen LogP contribution in [0.2, 0.25) is 0 Å². The first-order valence-electron chi connectivity index (χ1n) is 6.36. The Hall–Kier alpha value is -2.51. The zero-order chi connectivity index (χ0) is 15.6. The Balaban J connectivity index is 2.20. The summed E-state index contributed by atoms with van der Waals surface area (Å²) in [6.07, 6.45) is 0.999. The van der Waals surface area contributed by atoms with Crippen LogP contribution in [0, 0.1) is 21.8 Å². The van der Waals surface area contributed by atoms with Crippen molar-refractivity contribution in [3.8, 4) is 0 Å². The minimum absolute atomic E-state index is 0.0184. The molecular weight excluding hydrogens is 283 g/mol. The van der Waals surface area contributed by atoms with Crippen LogP contribution in [0.3, 0.4) is 0 Å². The summed E-state index contributed by atoms with van der Waals surface area (Å²) in [7, 11) is 0. The van der Waals surface area contributed by atoms with Gasteiger partial charge in [-0.05, 0) is 18.9 Å². The standard InChI is InChI=1S/C13H13FN2O5/c14-11-6-9(16(20)21)3-4-10(11)12(17)15-5-1-2-8(7-15)13(18)19/h3-4,6,8H,1-2,5,7H2,(H,18,19). The first-order valence-corrected chi connectivity index (χ1v) is 6.36. The first kappa shape index (κ1) is 14.9. The van der Waals surface area contributed by atoms with Gasteiger partial charge in [0.05, 0.1) is 22.5 Å². The van der Waals surface area contributed by atoms with Crippen LogP contribution in [0.4, 0.5) is 10.1 Å². The molecule has 21 heavy (non-hydrogen) atoms. The van der Waals surface area contributed by atoms with Gasteiger partial charge in [-0.15, -0.1) is 0 Å². The van der Waals surface area contributed by atoms with E-state index in [9.17, 15) is 24.1 Å². The van der Waals surface area contributed by atoms with E-state index >= 15 is 0 Å². The number of carboxylic acids is 1. The minimum atomic E-state index is -0.989. The van der Waals surface area contributed by atoms with Gasteiger partial charge in [0.15, 0.2) is 0 Å². The second-order valence-electron chi connectivity index (χ2n) is 4.85. The number of benzene rings is 1. The lowest BCUT2D eigenvalue weighted by atomic mass is 9.97. The molecule has 112 valence electrons. The summed E-state index contributed by atoms with van der Waals surface area (Å²) in [5.41, 5.74) is -0.724. The lowest BCUT2D eigenvalue weighted by Crippen LogP contribution is -2.42. The van der Waals surface area contributed by atoms with Crippen LogP contribution in [0.5, 0.6) is 0 Å². The van der Waals surface area contributed by atoms with Crippen LogP contribution >= 0.6 is 0 Å². The molecule has 1 aliphatic heterocycles. The van der Waals surface area contributed by atoms with Gasteiger partial charge >= 0.3 is 5.97 Å². The number of piperidine rings is 1. The zero-order valence-electron chi connectivity index (χ0n) is 11.0. The van der Waals surface area contributed by atoms with Gasteiger partial charge in [-0.2, -0.15) is 0 Å². The van der Waals surface area contributed by atoms with E-state index in [4.69, 9.17) is 5.11 Å². The van der Waals surface area contributed by atoms with Crippen molar-refractivity contribution in [1.29, 1.82) is 0 Å². The molecule has 2 rings (SSSR count). The number of halogens is 1. The summed E-state index contributed by atoms with van der Waals surface area (Å²) in [5, 5.41) is 19.5. The Kier molecular flexibility index (Phi) is 4.15. The van der Waals surface area contributed by atoms with Gasteiger partial charge in [-0.3, -0.25) is 19.7 Å². The minimum Gasteiger partial charge on any atom is -0.481 e. The average molecular weight is 296 g/mol. The van der Waals surface area contributed by atoms with Crippen LogP contribution in [-0.4, -0.2) is 39.9 Å². The van der Waals surface area contributed by atoms with Gasteiger partial charge in [-0.25, -0.2) is 4.39 Å². The van der Waals surface area contributed by atoms with Gasteiger partial charge in [0.2, 0.25) is 0 Å². The summed E-state index contributed by atoms with van der Waals surface area (Å²) in [4.78, 5) is 34.2. The first-order chi connectivity index (χ1) is 9.90. The fourth-order valence-electron chi connectivity index (χ4n) is 2.32. The molecule has 1 aliphatic rings. The molecule has 0 bridgehead atoms. The number of aliphatic carboxylic acids is 1. The summed E-state index contributed by atoms with van der Waals surface area (Å²) >= 11 is 0. The second kappa shape index (κ2) is 5.86. The number of amides is 1. The van der Waals surface area contributed by atoms with Gasteiger partial charge in [0, 0.05) is 19.2 Å². The second-order valence-corrected chi connectivity index (χ2v) is 4.85. The van der Waals surface area contributed by atoms with Crippen molar-refractivity contribution in [3.63, 3.8) is 0 Å². The van der Waals surface area contributed by atoms with Crippen molar-refractivity contribution < 1.29 is 24.0 Å². The van der Waals surface area contributed by atoms with Gasteiger partial charge < -0.3 is 10.0 Å². The van der Waals surface area contributed by atoms with E-state index in [-0.39, 0.29) is 12.1 Å². The number of likely N-dealkylation sites (tertiary alicyclic amines) is 1. The molecule has 8 heteroatoms. The number of hydrogen-bond acceptors (Lipinski definition) is 4. The summed E-state index contributed by atoms with van der Waals surface area (Å²) in [6.45, 7) is 0.365. The molecular formula is C13H13FN2O5. The molecule has 0 spiro atoms. The number of nitro benzene ring substituents is 1. The predicted molar refractivity (Wildman–Crippen MR) is 69.3 cm³/mol. The molecule has 0 aromatic heterocycles. The monoisotopic (exact) mass is 296 g/mol. The molecule has 1 atom stereocenters.